The van der Waals surface area contributed by atoms with Crippen molar-refractivity contribution >= 4 is 44.2 Å². The quantitative estimate of drug-likeness (QED) is 0.395. The van der Waals surface area contributed by atoms with Crippen LogP contribution in [0.15, 0.2) is 24.7 Å². The van der Waals surface area contributed by atoms with Crippen LogP contribution in [0.3, 0.4) is 0 Å². The fourth-order valence-corrected chi connectivity index (χ4v) is 3.83. The minimum absolute atomic E-state index is 0.0117. The molecule has 10 nitrogen and oxygen atoms in total. The van der Waals surface area contributed by atoms with Crippen molar-refractivity contribution in [3.8, 4) is 0 Å². The highest BCUT2D eigenvalue weighted by atomic mass is 32.2. The van der Waals surface area contributed by atoms with Crippen LogP contribution in [-0.2, 0) is 14.9 Å². The van der Waals surface area contributed by atoms with Gasteiger partial charge in [-0.25, -0.2) is 32.6 Å². The number of aromatic nitrogens is 3. The van der Waals surface area contributed by atoms with Crippen LogP contribution in [0.1, 0.15) is 23.7 Å². The number of amides is 1. The molecule has 0 fully saturated rings. The molecule has 160 valence electrons. The van der Waals surface area contributed by atoms with Crippen molar-refractivity contribution in [1.29, 1.82) is 0 Å². The van der Waals surface area contributed by atoms with Crippen LogP contribution in [0.4, 0.5) is 26.0 Å². The number of hydrogen-bond acceptors (Lipinski definition) is 7. The molecule has 0 spiro atoms. The van der Waals surface area contributed by atoms with Gasteiger partial charge in [0.1, 0.15) is 28.9 Å². The van der Waals surface area contributed by atoms with Crippen molar-refractivity contribution in [2.45, 2.75) is 13.3 Å². The van der Waals surface area contributed by atoms with E-state index in [2.05, 4.69) is 25.7 Å². The molecule has 0 unspecified atom stereocenters. The second kappa shape index (κ2) is 8.59. The van der Waals surface area contributed by atoms with Crippen LogP contribution < -0.4 is 15.5 Å². The summed E-state index contributed by atoms with van der Waals surface area (Å²) in [5.41, 5.74) is 1.75. The van der Waals surface area contributed by atoms with Crippen LogP contribution in [-0.4, -0.2) is 42.1 Å². The van der Waals surface area contributed by atoms with Crippen molar-refractivity contribution in [1.82, 2.24) is 15.0 Å². The molecule has 0 saturated carbocycles. The van der Waals surface area contributed by atoms with Crippen molar-refractivity contribution in [2.24, 2.45) is 0 Å². The molecule has 3 rings (SSSR count). The Balaban J connectivity index is 1.93. The van der Waals surface area contributed by atoms with Crippen molar-refractivity contribution in [3.05, 3.63) is 41.9 Å². The number of aromatic amines is 1. The minimum atomic E-state index is -3.81. The largest absolute Gasteiger partial charge is 0.356 e. The highest BCUT2D eigenvalue weighted by molar-refractivity contribution is 7.92. The Hall–Kier alpha value is -3.32. The van der Waals surface area contributed by atoms with Crippen LogP contribution in [0.25, 0.3) is 11.0 Å². The zero-order chi connectivity index (χ0) is 21.9. The van der Waals surface area contributed by atoms with Crippen molar-refractivity contribution in [2.75, 3.05) is 28.4 Å². The first kappa shape index (κ1) is 21.4. The number of benzene rings is 1. The van der Waals surface area contributed by atoms with E-state index in [1.807, 2.05) is 4.72 Å². The Morgan fingerprint density at radius 1 is 1.27 bits per heavy atom. The molecule has 0 aliphatic heterocycles. The van der Waals surface area contributed by atoms with E-state index in [0.29, 0.717) is 11.9 Å². The number of H-pyrrole nitrogens is 1. The summed E-state index contributed by atoms with van der Waals surface area (Å²) in [6.45, 7) is 1.64. The zero-order valence-corrected chi connectivity index (χ0v) is 16.7. The Bertz CT molecular complexity index is 1200. The lowest BCUT2D eigenvalue weighted by Gasteiger charge is -2.12. The fourth-order valence-electron chi connectivity index (χ4n) is 2.70. The predicted molar refractivity (Wildman–Crippen MR) is 107 cm³/mol. The molecule has 13 heteroatoms. The number of anilines is 3. The van der Waals surface area contributed by atoms with E-state index < -0.39 is 38.9 Å². The van der Waals surface area contributed by atoms with Crippen LogP contribution >= 0.6 is 0 Å². The van der Waals surface area contributed by atoms with Crippen molar-refractivity contribution in [3.63, 3.8) is 0 Å². The average Bonchev–Trinajstić information content (AvgIpc) is 3.13. The molecule has 0 bridgehead atoms. The van der Waals surface area contributed by atoms with Gasteiger partial charge in [0.2, 0.25) is 10.0 Å². The lowest BCUT2D eigenvalue weighted by Crippen LogP contribution is -2.19. The third kappa shape index (κ3) is 4.31. The zero-order valence-electron chi connectivity index (χ0n) is 15.9. The maximum atomic E-state index is 14.7. The molecule has 0 aliphatic rings. The average molecular weight is 440 g/mol. The molecule has 0 radical (unpaired) electrons. The highest BCUT2D eigenvalue weighted by Gasteiger charge is 2.22. The first-order valence-corrected chi connectivity index (χ1v) is 10.3. The van der Waals surface area contributed by atoms with Gasteiger partial charge < -0.3 is 10.3 Å². The van der Waals surface area contributed by atoms with E-state index in [9.17, 15) is 22.0 Å². The van der Waals surface area contributed by atoms with Gasteiger partial charge in [0.15, 0.2) is 11.6 Å². The van der Waals surface area contributed by atoms with Crippen LogP contribution in [0.2, 0.25) is 0 Å². The molecule has 1 amide bonds. The maximum absolute atomic E-state index is 14.7. The number of nitrogens with zero attached hydrogens (tertiary/aromatic N) is 2. The van der Waals surface area contributed by atoms with E-state index in [1.54, 1.807) is 6.92 Å². The van der Waals surface area contributed by atoms with Crippen LogP contribution in [0, 0.1) is 11.6 Å². The number of nitrogens with one attached hydrogen (secondary N) is 4. The van der Waals surface area contributed by atoms with Gasteiger partial charge in [-0.3, -0.25) is 14.4 Å². The molecule has 4 N–H and O–H groups in total. The molecule has 0 aliphatic carbocycles. The van der Waals surface area contributed by atoms with Gasteiger partial charge in [-0.15, -0.1) is 0 Å². The van der Waals surface area contributed by atoms with E-state index >= 15 is 0 Å². The summed E-state index contributed by atoms with van der Waals surface area (Å²) in [4.78, 5) is 28.2. The van der Waals surface area contributed by atoms with E-state index in [-0.39, 0.29) is 22.7 Å². The summed E-state index contributed by atoms with van der Waals surface area (Å²) in [6, 6.07) is 1.79. The number of sulfonamides is 1. The summed E-state index contributed by atoms with van der Waals surface area (Å²) in [5.74, 6) is -3.17. The second-order valence-electron chi connectivity index (χ2n) is 6.11. The summed E-state index contributed by atoms with van der Waals surface area (Å²) >= 11 is 0. The van der Waals surface area contributed by atoms with Gasteiger partial charge in [0.25, 0.3) is 5.91 Å². The van der Waals surface area contributed by atoms with Gasteiger partial charge in [-0.2, -0.15) is 0 Å². The number of fused-ring (bicyclic) bond motifs is 1. The van der Waals surface area contributed by atoms with Gasteiger partial charge >= 0.3 is 0 Å². The first-order chi connectivity index (χ1) is 14.3. The summed E-state index contributed by atoms with van der Waals surface area (Å²) in [7, 11) is -2.44. The van der Waals surface area contributed by atoms with Gasteiger partial charge in [-0.05, 0) is 18.6 Å². The van der Waals surface area contributed by atoms with E-state index in [1.165, 1.54) is 19.6 Å². The number of halogens is 2. The number of carbonyl (C=O) groups is 1. The predicted octanol–water partition coefficient (Wildman–Crippen LogP) is 2.61. The first-order valence-electron chi connectivity index (χ1n) is 8.68. The van der Waals surface area contributed by atoms with E-state index in [0.717, 1.165) is 12.1 Å². The number of hydrogen-bond donors (Lipinski definition) is 4. The summed E-state index contributed by atoms with van der Waals surface area (Å²) < 4.78 is 54.8. The lowest BCUT2D eigenvalue weighted by molar-refractivity contribution is 0.102. The van der Waals surface area contributed by atoms with E-state index in [4.69, 9.17) is 4.84 Å². The van der Waals surface area contributed by atoms with Gasteiger partial charge in [-0.1, -0.05) is 6.92 Å². The molecule has 2 aromatic heterocycles. The Kier molecular flexibility index (Phi) is 6.12. The normalized spacial score (nSPS) is 11.5. The maximum Gasteiger partial charge on any atom is 0.259 e. The molecule has 1 aromatic carbocycles. The lowest BCUT2D eigenvalue weighted by atomic mass is 10.2. The van der Waals surface area contributed by atoms with Crippen molar-refractivity contribution < 1.29 is 26.8 Å². The van der Waals surface area contributed by atoms with Gasteiger partial charge in [0.05, 0.1) is 24.1 Å². The number of rotatable bonds is 8. The fraction of sp³-hybridized carbons (Fsp3) is 0.235. The Labute approximate surface area is 170 Å². The summed E-state index contributed by atoms with van der Waals surface area (Å²) in [6.07, 6.45) is 2.78. The second-order valence-corrected chi connectivity index (χ2v) is 7.96. The molecule has 30 heavy (non-hydrogen) atoms. The molecule has 2 heterocycles. The molecule has 0 saturated heterocycles. The molecular weight excluding hydrogens is 422 g/mol. The third-order valence-electron chi connectivity index (χ3n) is 3.97. The number of carbonyl (C=O) groups excluding carboxylic acids is 1. The summed E-state index contributed by atoms with van der Waals surface area (Å²) in [5, 5.41) is 2.13. The minimum Gasteiger partial charge on any atom is -0.356 e. The Morgan fingerprint density at radius 2 is 2.03 bits per heavy atom. The smallest absolute Gasteiger partial charge is 0.259 e. The monoisotopic (exact) mass is 440 g/mol. The Morgan fingerprint density at radius 3 is 2.73 bits per heavy atom. The standard InChI is InChI=1S/C17H18F2N6O4S/c1-3-6-30(27,28)25-11-5-4-10(18)14(12(11)19)23-17(26)9-7-20-15-13(9)21-8-22-16(15)24-29-2/h4-5,7-8,20,25H,3,6H2,1-2H3,(H,23,26)(H,21,22,24). The van der Waals surface area contributed by atoms with Gasteiger partial charge in [0, 0.05) is 6.20 Å². The van der Waals surface area contributed by atoms with Crippen LogP contribution in [0.5, 0.6) is 0 Å². The molecule has 0 atom stereocenters. The SMILES string of the molecule is CCCS(=O)(=O)Nc1ccc(F)c(NC(=O)c2c[nH]c3c(NOC)ncnc23)c1F. The topological polar surface area (TPSA) is 138 Å². The molecular formula is C17H18F2N6O4S. The third-order valence-corrected chi connectivity index (χ3v) is 5.45. The highest BCUT2D eigenvalue weighted by Crippen LogP contribution is 2.28. The molecule has 3 aromatic rings.